The van der Waals surface area contributed by atoms with E-state index < -0.39 is 0 Å². The molecule has 3 heteroatoms. The molecular formula is C13H16OS2. The first-order valence-electron chi connectivity index (χ1n) is 5.46. The maximum atomic E-state index is 10.2. The molecule has 0 saturated carbocycles. The van der Waals surface area contributed by atoms with Gasteiger partial charge in [0.15, 0.2) is 0 Å². The molecule has 1 aromatic heterocycles. The van der Waals surface area contributed by atoms with Gasteiger partial charge < -0.3 is 5.11 Å². The van der Waals surface area contributed by atoms with Gasteiger partial charge in [-0.15, -0.1) is 11.3 Å². The van der Waals surface area contributed by atoms with Crippen LogP contribution in [0.25, 0.3) is 10.1 Å². The Hall–Kier alpha value is -0.510. The Morgan fingerprint density at radius 2 is 2.25 bits per heavy atom. The van der Waals surface area contributed by atoms with E-state index >= 15 is 0 Å². The average Bonchev–Trinajstić information content (AvgIpc) is 2.76. The standard InChI is InChI=1S/C13H16OS2/c1-15-8-3-6-12(14)11-5-2-4-10-7-9-16-13(10)11/h2,4-5,7,9,12,14H,3,6,8H2,1H3. The lowest BCUT2D eigenvalue weighted by molar-refractivity contribution is 0.168. The first kappa shape index (κ1) is 12.0. The van der Waals surface area contributed by atoms with Crippen molar-refractivity contribution < 1.29 is 5.11 Å². The van der Waals surface area contributed by atoms with Crippen LogP contribution in [0.4, 0.5) is 0 Å². The Morgan fingerprint density at radius 1 is 1.38 bits per heavy atom. The summed E-state index contributed by atoms with van der Waals surface area (Å²) in [5.41, 5.74) is 1.09. The molecule has 0 aliphatic heterocycles. The molecule has 2 rings (SSSR count). The maximum absolute atomic E-state index is 10.2. The average molecular weight is 252 g/mol. The number of thioether (sulfide) groups is 1. The second kappa shape index (κ2) is 5.71. The van der Waals surface area contributed by atoms with Gasteiger partial charge in [-0.25, -0.2) is 0 Å². The monoisotopic (exact) mass is 252 g/mol. The van der Waals surface area contributed by atoms with Gasteiger partial charge in [0, 0.05) is 4.70 Å². The molecule has 0 aliphatic carbocycles. The third kappa shape index (κ3) is 2.59. The van der Waals surface area contributed by atoms with Crippen molar-refractivity contribution in [2.75, 3.05) is 12.0 Å². The zero-order valence-electron chi connectivity index (χ0n) is 9.35. The zero-order chi connectivity index (χ0) is 11.4. The molecule has 0 fully saturated rings. The highest BCUT2D eigenvalue weighted by atomic mass is 32.2. The van der Waals surface area contributed by atoms with Crippen molar-refractivity contribution in [1.29, 1.82) is 0 Å². The summed E-state index contributed by atoms with van der Waals surface area (Å²) in [6.45, 7) is 0. The van der Waals surface area contributed by atoms with Crippen LogP contribution in [0.15, 0.2) is 29.6 Å². The van der Waals surface area contributed by atoms with E-state index in [4.69, 9.17) is 0 Å². The van der Waals surface area contributed by atoms with Crippen LogP contribution >= 0.6 is 23.1 Å². The molecule has 0 bridgehead atoms. The maximum Gasteiger partial charge on any atom is 0.0804 e. The molecular weight excluding hydrogens is 236 g/mol. The molecule has 0 radical (unpaired) electrons. The Labute approximate surface area is 104 Å². The first-order chi connectivity index (χ1) is 7.83. The van der Waals surface area contributed by atoms with Gasteiger partial charge in [0.05, 0.1) is 6.10 Å². The summed E-state index contributed by atoms with van der Waals surface area (Å²) in [5, 5.41) is 13.5. The SMILES string of the molecule is CSCCCC(O)c1cccc2ccsc12. The topological polar surface area (TPSA) is 20.2 Å². The number of benzene rings is 1. The third-order valence-electron chi connectivity index (χ3n) is 2.69. The van der Waals surface area contributed by atoms with Gasteiger partial charge in [-0.05, 0) is 47.2 Å². The number of aliphatic hydroxyl groups excluding tert-OH is 1. The van der Waals surface area contributed by atoms with Crippen LogP contribution in [-0.4, -0.2) is 17.1 Å². The molecule has 0 aliphatic rings. The summed E-state index contributed by atoms with van der Waals surface area (Å²) < 4.78 is 1.24. The van der Waals surface area contributed by atoms with E-state index in [1.54, 1.807) is 11.3 Å². The predicted octanol–water partition coefficient (Wildman–Crippen LogP) is 4.08. The van der Waals surface area contributed by atoms with Gasteiger partial charge in [-0.2, -0.15) is 11.8 Å². The lowest BCUT2D eigenvalue weighted by Gasteiger charge is -2.11. The van der Waals surface area contributed by atoms with Gasteiger partial charge in [-0.1, -0.05) is 18.2 Å². The van der Waals surface area contributed by atoms with E-state index in [1.165, 1.54) is 10.1 Å². The van der Waals surface area contributed by atoms with Crippen LogP contribution < -0.4 is 0 Å². The molecule has 1 unspecified atom stereocenters. The van der Waals surface area contributed by atoms with Crippen molar-refractivity contribution in [2.45, 2.75) is 18.9 Å². The number of hydrogen-bond acceptors (Lipinski definition) is 3. The Kier molecular flexibility index (Phi) is 4.27. The van der Waals surface area contributed by atoms with Gasteiger partial charge in [0.1, 0.15) is 0 Å². The van der Waals surface area contributed by atoms with Gasteiger partial charge in [0.2, 0.25) is 0 Å². The minimum absolute atomic E-state index is 0.311. The van der Waals surface area contributed by atoms with Crippen LogP contribution in [0.5, 0.6) is 0 Å². The minimum Gasteiger partial charge on any atom is -0.388 e. The van der Waals surface area contributed by atoms with Gasteiger partial charge in [-0.3, -0.25) is 0 Å². The number of hydrogen-bond donors (Lipinski definition) is 1. The van der Waals surface area contributed by atoms with Gasteiger partial charge >= 0.3 is 0 Å². The van der Waals surface area contributed by atoms with E-state index in [2.05, 4.69) is 23.8 Å². The van der Waals surface area contributed by atoms with E-state index in [0.717, 1.165) is 24.2 Å². The quantitative estimate of drug-likeness (QED) is 0.809. The molecule has 0 saturated heterocycles. The summed E-state index contributed by atoms with van der Waals surface area (Å²) in [4.78, 5) is 0. The number of thiophene rings is 1. The summed E-state index contributed by atoms with van der Waals surface area (Å²) >= 11 is 3.55. The molecule has 0 spiro atoms. The normalized spacial score (nSPS) is 13.1. The van der Waals surface area contributed by atoms with Crippen molar-refractivity contribution >= 4 is 33.2 Å². The lowest BCUT2D eigenvalue weighted by Crippen LogP contribution is -1.98. The van der Waals surface area contributed by atoms with Crippen LogP contribution in [0.2, 0.25) is 0 Å². The van der Waals surface area contributed by atoms with Crippen LogP contribution in [0.1, 0.15) is 24.5 Å². The van der Waals surface area contributed by atoms with E-state index in [1.807, 2.05) is 23.9 Å². The molecule has 16 heavy (non-hydrogen) atoms. The second-order valence-electron chi connectivity index (χ2n) is 3.84. The fraction of sp³-hybridized carbons (Fsp3) is 0.385. The zero-order valence-corrected chi connectivity index (χ0v) is 11.0. The van der Waals surface area contributed by atoms with Crippen molar-refractivity contribution in [3.63, 3.8) is 0 Å². The van der Waals surface area contributed by atoms with Crippen LogP contribution in [0, 0.1) is 0 Å². The largest absolute Gasteiger partial charge is 0.388 e. The predicted molar refractivity (Wildman–Crippen MR) is 74.4 cm³/mol. The first-order valence-corrected chi connectivity index (χ1v) is 7.73. The molecule has 0 amide bonds. The van der Waals surface area contributed by atoms with Crippen molar-refractivity contribution in [3.05, 3.63) is 35.2 Å². The third-order valence-corrected chi connectivity index (χ3v) is 4.37. The fourth-order valence-corrected chi connectivity index (χ4v) is 3.27. The molecule has 1 N–H and O–H groups in total. The molecule has 1 atom stereocenters. The van der Waals surface area contributed by atoms with E-state index in [-0.39, 0.29) is 6.10 Å². The van der Waals surface area contributed by atoms with E-state index in [9.17, 15) is 5.11 Å². The molecule has 86 valence electrons. The highest BCUT2D eigenvalue weighted by Gasteiger charge is 2.11. The van der Waals surface area contributed by atoms with Gasteiger partial charge in [0.25, 0.3) is 0 Å². The molecule has 1 nitrogen and oxygen atoms in total. The van der Waals surface area contributed by atoms with Crippen molar-refractivity contribution in [3.8, 4) is 0 Å². The second-order valence-corrected chi connectivity index (χ2v) is 5.74. The van der Waals surface area contributed by atoms with Crippen molar-refractivity contribution in [1.82, 2.24) is 0 Å². The summed E-state index contributed by atoms with van der Waals surface area (Å²) in [6.07, 6.45) is 3.73. The smallest absolute Gasteiger partial charge is 0.0804 e. The minimum atomic E-state index is -0.311. The Bertz CT molecular complexity index is 450. The highest BCUT2D eigenvalue weighted by molar-refractivity contribution is 7.98. The van der Waals surface area contributed by atoms with Crippen LogP contribution in [-0.2, 0) is 0 Å². The Morgan fingerprint density at radius 3 is 3.06 bits per heavy atom. The molecule has 1 aromatic carbocycles. The Balaban J connectivity index is 2.15. The molecule has 2 aromatic rings. The highest BCUT2D eigenvalue weighted by Crippen LogP contribution is 2.30. The van der Waals surface area contributed by atoms with Crippen molar-refractivity contribution in [2.24, 2.45) is 0 Å². The number of fused-ring (bicyclic) bond motifs is 1. The lowest BCUT2D eigenvalue weighted by atomic mass is 10.0. The molecule has 1 heterocycles. The summed E-state index contributed by atoms with van der Waals surface area (Å²) in [6, 6.07) is 8.28. The summed E-state index contributed by atoms with van der Waals surface area (Å²) in [5.74, 6) is 1.12. The summed E-state index contributed by atoms with van der Waals surface area (Å²) in [7, 11) is 0. The number of aliphatic hydroxyl groups is 1. The number of rotatable bonds is 5. The van der Waals surface area contributed by atoms with E-state index in [0.29, 0.717) is 0 Å². The fourth-order valence-electron chi connectivity index (χ4n) is 1.86. The van der Waals surface area contributed by atoms with Crippen LogP contribution in [0.3, 0.4) is 0 Å².